The second-order valence-corrected chi connectivity index (χ2v) is 4.94. The number of likely N-dealkylation sites (tertiary alicyclic amines) is 1. The Morgan fingerprint density at radius 1 is 1.25 bits per heavy atom. The Hall–Kier alpha value is -0.160. The first-order valence-corrected chi connectivity index (χ1v) is 6.44. The molecule has 2 unspecified atom stereocenters. The highest BCUT2D eigenvalue weighted by atomic mass is 16.3. The number of rotatable bonds is 8. The van der Waals surface area contributed by atoms with Gasteiger partial charge in [-0.1, -0.05) is 6.92 Å². The van der Waals surface area contributed by atoms with Gasteiger partial charge in [0, 0.05) is 19.7 Å². The van der Waals surface area contributed by atoms with Gasteiger partial charge in [0.05, 0.1) is 6.10 Å². The van der Waals surface area contributed by atoms with Crippen molar-refractivity contribution in [2.45, 2.75) is 32.3 Å². The van der Waals surface area contributed by atoms with Gasteiger partial charge in [0.25, 0.3) is 0 Å². The van der Waals surface area contributed by atoms with Crippen LogP contribution in [0.25, 0.3) is 0 Å². The molecule has 16 heavy (non-hydrogen) atoms. The van der Waals surface area contributed by atoms with Crippen molar-refractivity contribution in [3.05, 3.63) is 0 Å². The topological polar surface area (TPSA) is 55.7 Å². The first-order valence-electron chi connectivity index (χ1n) is 6.44. The molecule has 1 aliphatic heterocycles. The summed E-state index contributed by atoms with van der Waals surface area (Å²) < 4.78 is 0. The standard InChI is InChI=1S/C12H26N2O2/c1-11(4-7-15)8-13-9-12(16)10-14-5-2-3-6-14/h11-13,15-16H,2-10H2,1H3. The molecule has 3 N–H and O–H groups in total. The molecule has 0 radical (unpaired) electrons. The van der Waals surface area contributed by atoms with Crippen molar-refractivity contribution in [2.75, 3.05) is 39.3 Å². The molecular weight excluding hydrogens is 204 g/mol. The third-order valence-electron chi connectivity index (χ3n) is 3.16. The number of hydrogen-bond acceptors (Lipinski definition) is 4. The van der Waals surface area contributed by atoms with Crippen molar-refractivity contribution in [3.8, 4) is 0 Å². The second-order valence-electron chi connectivity index (χ2n) is 4.94. The Morgan fingerprint density at radius 3 is 2.56 bits per heavy atom. The van der Waals surface area contributed by atoms with Crippen LogP contribution in [0.15, 0.2) is 0 Å². The van der Waals surface area contributed by atoms with E-state index in [1.54, 1.807) is 0 Å². The summed E-state index contributed by atoms with van der Waals surface area (Å²) in [4.78, 5) is 2.32. The third-order valence-corrected chi connectivity index (χ3v) is 3.16. The Labute approximate surface area is 98.6 Å². The fourth-order valence-electron chi connectivity index (χ4n) is 2.15. The van der Waals surface area contributed by atoms with Crippen LogP contribution in [0.3, 0.4) is 0 Å². The van der Waals surface area contributed by atoms with Gasteiger partial charge in [0.1, 0.15) is 0 Å². The Bertz CT molecular complexity index is 172. The molecule has 0 saturated carbocycles. The molecule has 0 amide bonds. The highest BCUT2D eigenvalue weighted by Crippen LogP contribution is 2.07. The van der Waals surface area contributed by atoms with E-state index < -0.39 is 0 Å². The van der Waals surface area contributed by atoms with E-state index in [2.05, 4.69) is 17.1 Å². The zero-order valence-electron chi connectivity index (χ0n) is 10.4. The van der Waals surface area contributed by atoms with Gasteiger partial charge in [0.15, 0.2) is 0 Å². The van der Waals surface area contributed by atoms with Crippen LogP contribution < -0.4 is 5.32 Å². The number of β-amino-alcohol motifs (C(OH)–C–C–N with tert-alkyl or cyclic N) is 1. The summed E-state index contributed by atoms with van der Waals surface area (Å²) in [5, 5.41) is 21.8. The maximum Gasteiger partial charge on any atom is 0.0791 e. The fourth-order valence-corrected chi connectivity index (χ4v) is 2.15. The van der Waals surface area contributed by atoms with E-state index in [0.29, 0.717) is 12.5 Å². The summed E-state index contributed by atoms with van der Waals surface area (Å²) in [6.45, 7) is 6.95. The van der Waals surface area contributed by atoms with Crippen molar-refractivity contribution in [2.24, 2.45) is 5.92 Å². The minimum absolute atomic E-state index is 0.249. The predicted octanol–water partition coefficient (Wildman–Crippen LogP) is 0.0512. The fraction of sp³-hybridized carbons (Fsp3) is 1.00. The van der Waals surface area contributed by atoms with E-state index >= 15 is 0 Å². The maximum atomic E-state index is 9.80. The highest BCUT2D eigenvalue weighted by molar-refractivity contribution is 4.71. The van der Waals surface area contributed by atoms with E-state index in [4.69, 9.17) is 5.11 Å². The SMILES string of the molecule is CC(CCO)CNCC(O)CN1CCCC1. The highest BCUT2D eigenvalue weighted by Gasteiger charge is 2.15. The second kappa shape index (κ2) is 8.01. The first-order chi connectivity index (χ1) is 7.72. The van der Waals surface area contributed by atoms with E-state index in [1.165, 1.54) is 12.8 Å². The van der Waals surface area contributed by atoms with Crippen LogP contribution in [0, 0.1) is 5.92 Å². The van der Waals surface area contributed by atoms with Gasteiger partial charge < -0.3 is 20.4 Å². The van der Waals surface area contributed by atoms with E-state index in [9.17, 15) is 5.11 Å². The van der Waals surface area contributed by atoms with Crippen LogP contribution >= 0.6 is 0 Å². The molecule has 96 valence electrons. The quantitative estimate of drug-likeness (QED) is 0.551. The summed E-state index contributed by atoms with van der Waals surface area (Å²) in [6.07, 6.45) is 3.11. The molecule has 0 bridgehead atoms. The lowest BCUT2D eigenvalue weighted by Crippen LogP contribution is -2.38. The van der Waals surface area contributed by atoms with Crippen molar-refractivity contribution >= 4 is 0 Å². The molecule has 1 heterocycles. The Kier molecular flexibility index (Phi) is 6.96. The van der Waals surface area contributed by atoms with Crippen LogP contribution in [-0.2, 0) is 0 Å². The van der Waals surface area contributed by atoms with Crippen LogP contribution in [0.4, 0.5) is 0 Å². The molecule has 1 aliphatic rings. The number of hydrogen-bond donors (Lipinski definition) is 3. The van der Waals surface area contributed by atoms with Gasteiger partial charge in [0.2, 0.25) is 0 Å². The molecular formula is C12H26N2O2. The lowest BCUT2D eigenvalue weighted by Gasteiger charge is -2.20. The van der Waals surface area contributed by atoms with Gasteiger partial charge in [-0.3, -0.25) is 0 Å². The van der Waals surface area contributed by atoms with Crippen molar-refractivity contribution in [1.29, 1.82) is 0 Å². The van der Waals surface area contributed by atoms with Crippen LogP contribution in [0.2, 0.25) is 0 Å². The molecule has 1 saturated heterocycles. The van der Waals surface area contributed by atoms with Crippen LogP contribution in [0.5, 0.6) is 0 Å². The van der Waals surface area contributed by atoms with E-state index in [0.717, 1.165) is 32.6 Å². The molecule has 0 aliphatic carbocycles. The molecule has 0 spiro atoms. The summed E-state index contributed by atoms with van der Waals surface area (Å²) in [7, 11) is 0. The lowest BCUT2D eigenvalue weighted by atomic mass is 10.1. The molecule has 0 aromatic rings. The Balaban J connectivity index is 1.98. The van der Waals surface area contributed by atoms with Crippen molar-refractivity contribution < 1.29 is 10.2 Å². The smallest absolute Gasteiger partial charge is 0.0791 e. The summed E-state index contributed by atoms with van der Waals surface area (Å²) in [5.74, 6) is 0.476. The first kappa shape index (κ1) is 13.9. The lowest BCUT2D eigenvalue weighted by molar-refractivity contribution is 0.122. The minimum atomic E-state index is -0.264. The minimum Gasteiger partial charge on any atom is -0.396 e. The molecule has 0 aromatic heterocycles. The van der Waals surface area contributed by atoms with Gasteiger partial charge in [-0.2, -0.15) is 0 Å². The van der Waals surface area contributed by atoms with Gasteiger partial charge in [-0.05, 0) is 44.8 Å². The van der Waals surface area contributed by atoms with Gasteiger partial charge in [-0.25, -0.2) is 0 Å². The zero-order chi connectivity index (χ0) is 11.8. The molecule has 0 aromatic carbocycles. The van der Waals surface area contributed by atoms with Gasteiger partial charge >= 0.3 is 0 Å². The number of aliphatic hydroxyl groups excluding tert-OH is 2. The van der Waals surface area contributed by atoms with Gasteiger partial charge in [-0.15, -0.1) is 0 Å². The largest absolute Gasteiger partial charge is 0.396 e. The maximum absolute atomic E-state index is 9.80. The zero-order valence-corrected chi connectivity index (χ0v) is 10.4. The number of nitrogens with zero attached hydrogens (tertiary/aromatic N) is 1. The molecule has 4 nitrogen and oxygen atoms in total. The number of aliphatic hydroxyl groups is 2. The van der Waals surface area contributed by atoms with Crippen molar-refractivity contribution in [1.82, 2.24) is 10.2 Å². The predicted molar refractivity (Wildman–Crippen MR) is 65.4 cm³/mol. The molecule has 1 rings (SSSR count). The third kappa shape index (κ3) is 5.80. The van der Waals surface area contributed by atoms with E-state index in [-0.39, 0.29) is 12.7 Å². The van der Waals surface area contributed by atoms with Crippen LogP contribution in [-0.4, -0.2) is 60.5 Å². The van der Waals surface area contributed by atoms with E-state index in [1.807, 2.05) is 0 Å². The average molecular weight is 230 g/mol. The Morgan fingerprint density at radius 2 is 1.94 bits per heavy atom. The van der Waals surface area contributed by atoms with Crippen molar-refractivity contribution in [3.63, 3.8) is 0 Å². The summed E-state index contributed by atoms with van der Waals surface area (Å²) in [6, 6.07) is 0. The number of nitrogens with one attached hydrogen (secondary N) is 1. The normalized spacial score (nSPS) is 21.2. The molecule has 2 atom stereocenters. The average Bonchev–Trinajstić information content (AvgIpc) is 2.70. The summed E-state index contributed by atoms with van der Waals surface area (Å²) in [5.41, 5.74) is 0. The molecule has 4 heteroatoms. The molecule has 1 fully saturated rings. The van der Waals surface area contributed by atoms with Crippen LogP contribution in [0.1, 0.15) is 26.2 Å². The summed E-state index contributed by atoms with van der Waals surface area (Å²) >= 11 is 0. The monoisotopic (exact) mass is 230 g/mol.